The van der Waals surface area contributed by atoms with E-state index in [-0.39, 0.29) is 11.5 Å². The zero-order valence-corrected chi connectivity index (χ0v) is 11.8. The van der Waals surface area contributed by atoms with Gasteiger partial charge in [-0.05, 0) is 52.2 Å². The molecule has 16 heavy (non-hydrogen) atoms. The number of aromatic nitrogens is 1. The molecule has 0 saturated heterocycles. The number of aliphatic hydroxyl groups is 1. The second-order valence-corrected chi connectivity index (χ2v) is 6.20. The molecule has 1 heterocycles. The molecule has 0 aliphatic rings. The molecule has 1 atom stereocenters. The Bertz CT molecular complexity index is 333. The number of pyridine rings is 1. The first-order valence-corrected chi connectivity index (χ1v) is 6.46. The van der Waals surface area contributed by atoms with E-state index in [9.17, 15) is 5.11 Å². The summed E-state index contributed by atoms with van der Waals surface area (Å²) < 4.78 is 1.02. The summed E-state index contributed by atoms with van der Waals surface area (Å²) in [4.78, 5) is 4.12. The average molecular weight is 286 g/mol. The zero-order valence-electron chi connectivity index (χ0n) is 10.2. The quantitative estimate of drug-likeness (QED) is 0.917. The lowest BCUT2D eigenvalue weighted by Gasteiger charge is -2.25. The molecule has 0 aliphatic carbocycles. The minimum absolute atomic E-state index is 0.0183. The molecule has 0 spiro atoms. The first-order valence-electron chi connectivity index (χ1n) is 5.67. The molecule has 1 rings (SSSR count). The molecule has 3 heteroatoms. The van der Waals surface area contributed by atoms with Crippen molar-refractivity contribution in [1.82, 2.24) is 4.98 Å². The molecule has 2 nitrogen and oxygen atoms in total. The maximum absolute atomic E-state index is 9.89. The number of aryl methyl sites for hydroxylation is 1. The van der Waals surface area contributed by atoms with Crippen molar-refractivity contribution in [2.45, 2.75) is 46.1 Å². The second kappa shape index (κ2) is 5.78. The summed E-state index contributed by atoms with van der Waals surface area (Å²) in [5.74, 6) is 0. The third-order valence-corrected chi connectivity index (χ3v) is 3.14. The predicted molar refractivity (Wildman–Crippen MR) is 70.3 cm³/mol. The molecule has 0 radical (unpaired) electrons. The fourth-order valence-corrected chi connectivity index (χ4v) is 1.94. The Balaban J connectivity index is 2.36. The number of aliphatic hydroxyl groups excluding tert-OH is 1. The summed E-state index contributed by atoms with van der Waals surface area (Å²) in [5.41, 5.74) is 1.20. The summed E-state index contributed by atoms with van der Waals surface area (Å²) >= 11 is 3.40. The zero-order chi connectivity index (χ0) is 12.2. The fraction of sp³-hybridized carbons (Fsp3) is 0.615. The van der Waals surface area contributed by atoms with Gasteiger partial charge in [0.05, 0.1) is 6.10 Å². The average Bonchev–Trinajstić information content (AvgIpc) is 2.16. The molecule has 0 aliphatic heterocycles. The topological polar surface area (TPSA) is 33.1 Å². The summed E-state index contributed by atoms with van der Waals surface area (Å²) in [6, 6.07) is 2.08. The largest absolute Gasteiger partial charge is 0.393 e. The van der Waals surface area contributed by atoms with Crippen LogP contribution in [0.3, 0.4) is 0 Å². The third kappa shape index (κ3) is 4.62. The van der Waals surface area contributed by atoms with Crippen molar-refractivity contribution in [1.29, 1.82) is 0 Å². The van der Waals surface area contributed by atoms with Gasteiger partial charge in [0.1, 0.15) is 0 Å². The fourth-order valence-electron chi connectivity index (χ4n) is 1.53. The Hall–Kier alpha value is -0.410. The second-order valence-electron chi connectivity index (χ2n) is 5.29. The number of nitrogens with zero attached hydrogens (tertiary/aromatic N) is 1. The minimum atomic E-state index is -0.229. The Morgan fingerprint density at radius 3 is 2.62 bits per heavy atom. The van der Waals surface area contributed by atoms with Crippen molar-refractivity contribution in [3.8, 4) is 0 Å². The molecule has 1 aromatic rings. The van der Waals surface area contributed by atoms with Gasteiger partial charge in [-0.1, -0.05) is 20.8 Å². The molecule has 1 aromatic heterocycles. The Kier molecular flexibility index (Phi) is 4.93. The summed E-state index contributed by atoms with van der Waals surface area (Å²) in [6.45, 7) is 6.20. The standard InChI is InChI=1S/C13H20BrNO/c1-13(2,3)12(16)6-4-5-10-7-11(14)9-15-8-10/h7-9,12,16H,4-6H2,1-3H3. The highest BCUT2D eigenvalue weighted by molar-refractivity contribution is 9.10. The van der Waals surface area contributed by atoms with Crippen LogP contribution in [0, 0.1) is 5.41 Å². The first-order chi connectivity index (χ1) is 7.39. The van der Waals surface area contributed by atoms with E-state index >= 15 is 0 Å². The van der Waals surface area contributed by atoms with Crippen LogP contribution < -0.4 is 0 Å². The first kappa shape index (κ1) is 13.7. The van der Waals surface area contributed by atoms with Crippen molar-refractivity contribution in [2.24, 2.45) is 5.41 Å². The van der Waals surface area contributed by atoms with E-state index in [2.05, 4.69) is 47.8 Å². The Morgan fingerprint density at radius 2 is 2.06 bits per heavy atom. The van der Waals surface area contributed by atoms with Gasteiger partial charge in [-0.25, -0.2) is 0 Å². The van der Waals surface area contributed by atoms with Gasteiger partial charge in [-0.2, -0.15) is 0 Å². The molecule has 1 N–H and O–H groups in total. The van der Waals surface area contributed by atoms with Crippen LogP contribution in [0.5, 0.6) is 0 Å². The molecule has 0 bridgehead atoms. The summed E-state index contributed by atoms with van der Waals surface area (Å²) in [5, 5.41) is 9.89. The van der Waals surface area contributed by atoms with E-state index in [0.29, 0.717) is 0 Å². The highest BCUT2D eigenvalue weighted by Gasteiger charge is 2.21. The van der Waals surface area contributed by atoms with E-state index in [1.807, 2.05) is 6.20 Å². The van der Waals surface area contributed by atoms with Gasteiger partial charge in [-0.3, -0.25) is 4.98 Å². The lowest BCUT2D eigenvalue weighted by molar-refractivity contribution is 0.0540. The smallest absolute Gasteiger partial charge is 0.0588 e. The highest BCUT2D eigenvalue weighted by Crippen LogP contribution is 2.23. The number of rotatable bonds is 4. The van der Waals surface area contributed by atoms with Gasteiger partial charge in [0.25, 0.3) is 0 Å². The van der Waals surface area contributed by atoms with Crippen LogP contribution in [0.15, 0.2) is 22.9 Å². The molecule has 90 valence electrons. The van der Waals surface area contributed by atoms with Crippen molar-refractivity contribution in [2.75, 3.05) is 0 Å². The van der Waals surface area contributed by atoms with Gasteiger partial charge in [0.15, 0.2) is 0 Å². The highest BCUT2D eigenvalue weighted by atomic mass is 79.9. The van der Waals surface area contributed by atoms with Crippen molar-refractivity contribution in [3.05, 3.63) is 28.5 Å². The molecular weight excluding hydrogens is 266 g/mol. The van der Waals surface area contributed by atoms with Crippen molar-refractivity contribution < 1.29 is 5.11 Å². The normalized spacial score (nSPS) is 13.8. The number of halogens is 1. The van der Waals surface area contributed by atoms with Crippen LogP contribution in [-0.2, 0) is 6.42 Å². The van der Waals surface area contributed by atoms with Crippen LogP contribution in [-0.4, -0.2) is 16.2 Å². The summed E-state index contributed by atoms with van der Waals surface area (Å²) in [6.07, 6.45) is 6.25. The molecule has 0 amide bonds. The van der Waals surface area contributed by atoms with Gasteiger partial charge in [0.2, 0.25) is 0 Å². The Labute approximate surface area is 106 Å². The van der Waals surface area contributed by atoms with E-state index in [1.54, 1.807) is 6.20 Å². The summed E-state index contributed by atoms with van der Waals surface area (Å²) in [7, 11) is 0. The van der Waals surface area contributed by atoms with E-state index in [1.165, 1.54) is 5.56 Å². The lowest BCUT2D eigenvalue weighted by Crippen LogP contribution is -2.25. The van der Waals surface area contributed by atoms with Gasteiger partial charge >= 0.3 is 0 Å². The molecular formula is C13H20BrNO. The Morgan fingerprint density at radius 1 is 1.38 bits per heavy atom. The van der Waals surface area contributed by atoms with Crippen LogP contribution in [0.25, 0.3) is 0 Å². The van der Waals surface area contributed by atoms with Crippen LogP contribution in [0.4, 0.5) is 0 Å². The number of hydrogen-bond donors (Lipinski definition) is 1. The predicted octanol–water partition coefficient (Wildman–Crippen LogP) is 3.57. The minimum Gasteiger partial charge on any atom is -0.393 e. The number of hydrogen-bond acceptors (Lipinski definition) is 2. The maximum Gasteiger partial charge on any atom is 0.0588 e. The van der Waals surface area contributed by atoms with E-state index in [4.69, 9.17) is 0 Å². The molecule has 0 aromatic carbocycles. The van der Waals surface area contributed by atoms with Gasteiger partial charge in [-0.15, -0.1) is 0 Å². The maximum atomic E-state index is 9.89. The lowest BCUT2D eigenvalue weighted by atomic mass is 9.86. The molecule has 0 saturated carbocycles. The van der Waals surface area contributed by atoms with Crippen LogP contribution >= 0.6 is 15.9 Å². The molecule has 1 unspecified atom stereocenters. The van der Waals surface area contributed by atoms with Gasteiger partial charge in [0, 0.05) is 16.9 Å². The van der Waals surface area contributed by atoms with Crippen molar-refractivity contribution in [3.63, 3.8) is 0 Å². The SMILES string of the molecule is CC(C)(C)C(O)CCCc1cncc(Br)c1. The van der Waals surface area contributed by atoms with Crippen LogP contribution in [0.2, 0.25) is 0 Å². The van der Waals surface area contributed by atoms with E-state index < -0.39 is 0 Å². The monoisotopic (exact) mass is 285 g/mol. The van der Waals surface area contributed by atoms with Gasteiger partial charge < -0.3 is 5.11 Å². The third-order valence-electron chi connectivity index (χ3n) is 2.70. The van der Waals surface area contributed by atoms with Crippen LogP contribution in [0.1, 0.15) is 39.2 Å². The van der Waals surface area contributed by atoms with Crippen molar-refractivity contribution >= 4 is 15.9 Å². The van der Waals surface area contributed by atoms with E-state index in [0.717, 1.165) is 23.7 Å². The molecule has 0 fully saturated rings.